The standard InChI is InChI=1S/C11H13Cl3N3O2PS/c1-3-5-9(18)19-17-16-20(17)21(4-2)11-8(13)6-7(12)10(14)15-11/h6H,3-5H2,1-2H3. The Morgan fingerprint density at radius 2 is 2.14 bits per heavy atom. The summed E-state index contributed by atoms with van der Waals surface area (Å²) in [6.45, 7) is 2.98. The minimum Gasteiger partial charge on any atom is -0.343 e. The van der Waals surface area contributed by atoms with Gasteiger partial charge >= 0.3 is 5.97 Å². The molecule has 1 aliphatic rings. The van der Waals surface area contributed by atoms with Crippen LogP contribution in [-0.4, -0.2) is 21.6 Å². The van der Waals surface area contributed by atoms with Gasteiger partial charge in [0.05, 0.1) is 10.0 Å². The lowest BCUT2D eigenvalue weighted by Gasteiger charge is -2.05. The van der Waals surface area contributed by atoms with Gasteiger partial charge in [0.2, 0.25) is 0 Å². The van der Waals surface area contributed by atoms with Crippen molar-refractivity contribution in [3.8, 4) is 0 Å². The lowest BCUT2D eigenvalue weighted by molar-refractivity contribution is -0.159. The first-order valence-corrected chi connectivity index (χ1v) is 10.6. The zero-order valence-corrected chi connectivity index (χ0v) is 15.3. The van der Waals surface area contributed by atoms with E-state index in [1.165, 1.54) is 4.94 Å². The van der Waals surface area contributed by atoms with Gasteiger partial charge in [-0.15, -0.1) is 0 Å². The molecule has 0 bridgehead atoms. The summed E-state index contributed by atoms with van der Waals surface area (Å²) >= 11 is 18.0. The van der Waals surface area contributed by atoms with Gasteiger partial charge in [-0.05, 0) is 17.4 Å². The molecule has 0 aromatic carbocycles. The van der Waals surface area contributed by atoms with Crippen molar-refractivity contribution < 1.29 is 9.63 Å². The van der Waals surface area contributed by atoms with Gasteiger partial charge in [-0.3, -0.25) is 9.99 Å². The molecule has 2 rings (SSSR count). The van der Waals surface area contributed by atoms with Gasteiger partial charge in [-0.25, -0.2) is 4.98 Å². The summed E-state index contributed by atoms with van der Waals surface area (Å²) in [6.07, 6.45) is 1.12. The van der Waals surface area contributed by atoms with Gasteiger partial charge in [0.1, 0.15) is 10.2 Å². The third-order valence-electron chi connectivity index (χ3n) is 2.45. The first-order chi connectivity index (χ1) is 9.97. The van der Waals surface area contributed by atoms with Crippen LogP contribution in [0, 0.1) is 0 Å². The monoisotopic (exact) mass is 387 g/mol. The SMILES string of the molecule is CCCC(=O)ON1[N-]/[P+]1=S(\CC)c1nc(Cl)c(Cl)cc1Cl. The second-order valence-corrected chi connectivity index (χ2v) is 10.2. The quantitative estimate of drug-likeness (QED) is 0.399. The fraction of sp³-hybridized carbons (Fsp3) is 0.455. The molecule has 5 nitrogen and oxygen atoms in total. The molecule has 3 atom stereocenters. The number of nitrogens with zero attached hydrogens (tertiary/aromatic N) is 3. The molecule has 1 aromatic heterocycles. The van der Waals surface area contributed by atoms with Crippen LogP contribution in [0.15, 0.2) is 11.1 Å². The number of rotatable bonds is 5. The molecule has 3 unspecified atom stereocenters. The van der Waals surface area contributed by atoms with Crippen molar-refractivity contribution >= 4 is 57.8 Å². The second-order valence-electron chi connectivity index (χ2n) is 4.01. The zero-order valence-electron chi connectivity index (χ0n) is 11.3. The molecule has 10 heteroatoms. The molecule has 0 saturated carbocycles. The van der Waals surface area contributed by atoms with E-state index in [1.807, 2.05) is 13.8 Å². The number of aromatic nitrogens is 1. The van der Waals surface area contributed by atoms with Crippen molar-refractivity contribution in [2.24, 2.45) is 0 Å². The minimum absolute atomic E-state index is 0.216. The first-order valence-electron chi connectivity index (χ1n) is 6.23. The van der Waals surface area contributed by atoms with Crippen molar-refractivity contribution in [1.29, 1.82) is 0 Å². The lowest BCUT2D eigenvalue weighted by atomic mass is 10.3. The van der Waals surface area contributed by atoms with Crippen LogP contribution in [0.5, 0.6) is 0 Å². The normalized spacial score (nSPS) is 20.2. The summed E-state index contributed by atoms with van der Waals surface area (Å²) < 4.78 is 0. The van der Waals surface area contributed by atoms with E-state index in [4.69, 9.17) is 39.6 Å². The number of halogens is 3. The largest absolute Gasteiger partial charge is 0.343 e. The minimum atomic E-state index is -0.941. The van der Waals surface area contributed by atoms with Crippen LogP contribution in [0.2, 0.25) is 15.2 Å². The smallest absolute Gasteiger partial charge is 0.327 e. The number of pyridine rings is 1. The molecule has 0 aliphatic carbocycles. The summed E-state index contributed by atoms with van der Waals surface area (Å²) in [5.74, 6) is 0.501. The zero-order chi connectivity index (χ0) is 15.6. The van der Waals surface area contributed by atoms with Gasteiger partial charge in [0, 0.05) is 22.2 Å². The van der Waals surface area contributed by atoms with Crippen LogP contribution < -0.4 is 0 Å². The van der Waals surface area contributed by atoms with E-state index < -0.39 is 7.00 Å². The van der Waals surface area contributed by atoms with Crippen LogP contribution in [0.4, 0.5) is 0 Å². The Labute approximate surface area is 141 Å². The van der Waals surface area contributed by atoms with E-state index >= 15 is 0 Å². The highest BCUT2D eigenvalue weighted by molar-refractivity contribution is 8.28. The maximum atomic E-state index is 11.5. The highest BCUT2D eigenvalue weighted by Crippen LogP contribution is 2.61. The molecule has 0 N–H and O–H groups in total. The Balaban J connectivity index is 2.24. The average molecular weight is 389 g/mol. The van der Waals surface area contributed by atoms with Crippen molar-refractivity contribution in [3.63, 3.8) is 0 Å². The number of carbonyl (C=O) groups is 1. The van der Waals surface area contributed by atoms with E-state index in [0.717, 1.165) is 12.2 Å². The van der Waals surface area contributed by atoms with Gasteiger partial charge in [0.15, 0.2) is 7.00 Å². The summed E-state index contributed by atoms with van der Waals surface area (Å²) in [4.78, 5) is 22.2. The molecule has 1 aromatic rings. The van der Waals surface area contributed by atoms with Gasteiger partial charge in [0.25, 0.3) is 0 Å². The molecule has 1 aliphatic heterocycles. The molecular weight excluding hydrogens is 376 g/mol. The molecule has 1 fully saturated rings. The molecule has 21 heavy (non-hydrogen) atoms. The van der Waals surface area contributed by atoms with E-state index in [1.54, 1.807) is 6.07 Å². The average Bonchev–Trinajstić information content (AvgIpc) is 3.15. The maximum Gasteiger partial charge on any atom is 0.327 e. The molecule has 1 saturated heterocycles. The number of carbonyl (C=O) groups excluding carboxylic acids is 1. The van der Waals surface area contributed by atoms with Crippen LogP contribution in [0.3, 0.4) is 0 Å². The van der Waals surface area contributed by atoms with E-state index in [0.29, 0.717) is 21.5 Å². The highest BCUT2D eigenvalue weighted by Gasteiger charge is 2.36. The Hall–Kier alpha value is 0.0600. The number of hydrogen-bond acceptors (Lipinski definition) is 3. The fourth-order valence-corrected chi connectivity index (χ4v) is 7.10. The topological polar surface area (TPSA) is 56.3 Å². The van der Waals surface area contributed by atoms with Crippen LogP contribution >= 0.6 is 41.8 Å². The Morgan fingerprint density at radius 3 is 2.76 bits per heavy atom. The van der Waals surface area contributed by atoms with E-state index in [-0.39, 0.29) is 21.2 Å². The highest BCUT2D eigenvalue weighted by atomic mass is 35.5. The third-order valence-corrected chi connectivity index (χ3v) is 8.96. The summed E-state index contributed by atoms with van der Waals surface area (Å²) in [5, 5.41) is 5.86. The van der Waals surface area contributed by atoms with Crippen molar-refractivity contribution in [1.82, 2.24) is 9.93 Å². The summed E-state index contributed by atoms with van der Waals surface area (Å²) in [5.41, 5.74) is 0. The van der Waals surface area contributed by atoms with Gasteiger partial charge in [-0.2, -0.15) is 0 Å². The predicted molar refractivity (Wildman–Crippen MR) is 88.6 cm³/mol. The molecule has 0 amide bonds. The Kier molecular flexibility index (Phi) is 6.26. The summed E-state index contributed by atoms with van der Waals surface area (Å²) in [6, 6.07) is 1.58. The van der Waals surface area contributed by atoms with Crippen molar-refractivity contribution in [2.75, 3.05) is 5.75 Å². The lowest BCUT2D eigenvalue weighted by Crippen LogP contribution is -2.06. The molecule has 116 valence electrons. The van der Waals surface area contributed by atoms with Crippen LogP contribution in [-0.2, 0) is 19.7 Å². The van der Waals surface area contributed by atoms with Crippen LogP contribution in [0.25, 0.3) is 5.20 Å². The Bertz CT molecular complexity index is 615. The van der Waals surface area contributed by atoms with Gasteiger partial charge < -0.3 is 4.84 Å². The Morgan fingerprint density at radius 1 is 1.43 bits per heavy atom. The second kappa shape index (κ2) is 7.55. The van der Waals surface area contributed by atoms with E-state index in [9.17, 15) is 4.79 Å². The summed E-state index contributed by atoms with van der Waals surface area (Å²) in [7, 11) is -0.355. The molecule has 0 radical (unpaired) electrons. The molecule has 2 heterocycles. The third kappa shape index (κ3) is 4.29. The van der Waals surface area contributed by atoms with E-state index in [2.05, 4.69) is 10.2 Å². The van der Waals surface area contributed by atoms with Crippen molar-refractivity contribution in [2.45, 2.75) is 31.7 Å². The van der Waals surface area contributed by atoms with Crippen LogP contribution in [0.1, 0.15) is 26.7 Å². The fourth-order valence-electron chi connectivity index (χ4n) is 1.49. The number of hydrogen-bond donors (Lipinski definition) is 0. The van der Waals surface area contributed by atoms with Crippen molar-refractivity contribution in [3.05, 3.63) is 26.5 Å². The predicted octanol–water partition coefficient (Wildman–Crippen LogP) is 5.13. The first kappa shape index (κ1) is 17.4. The molecule has 0 spiro atoms. The molecular formula is C11H13Cl3N3O2PS. The maximum absolute atomic E-state index is 11.5. The van der Waals surface area contributed by atoms with Gasteiger partial charge in [-0.1, -0.05) is 48.7 Å².